The van der Waals surface area contributed by atoms with Crippen LogP contribution in [0, 0.1) is 11.3 Å². The van der Waals surface area contributed by atoms with E-state index in [1.54, 1.807) is 0 Å². The fourth-order valence-electron chi connectivity index (χ4n) is 4.47. The first-order chi connectivity index (χ1) is 15.6. The molecule has 5 nitrogen and oxygen atoms in total. The van der Waals surface area contributed by atoms with Gasteiger partial charge >= 0.3 is 0 Å². The van der Waals surface area contributed by atoms with Gasteiger partial charge in [0.15, 0.2) is 0 Å². The summed E-state index contributed by atoms with van der Waals surface area (Å²) < 4.78 is 0. The summed E-state index contributed by atoms with van der Waals surface area (Å²) in [6, 6.07) is 16.2. The van der Waals surface area contributed by atoms with Gasteiger partial charge < -0.3 is 15.1 Å². The predicted molar refractivity (Wildman–Crippen MR) is 136 cm³/mol. The molecule has 0 heterocycles. The highest BCUT2D eigenvalue weighted by Gasteiger charge is 2.25. The number of benzene rings is 2. The molecule has 0 spiro atoms. The quantitative estimate of drug-likeness (QED) is 0.550. The van der Waals surface area contributed by atoms with E-state index in [1.165, 1.54) is 0 Å². The summed E-state index contributed by atoms with van der Waals surface area (Å²) in [5.74, 6) is 0.363. The molecule has 0 unspecified atom stereocenters. The van der Waals surface area contributed by atoms with Crippen molar-refractivity contribution in [2.24, 2.45) is 11.3 Å². The largest absolute Gasteiger partial charge is 0.377 e. The fraction of sp³-hybridized carbons (Fsp3) is 0.500. The van der Waals surface area contributed by atoms with Crippen molar-refractivity contribution < 1.29 is 9.59 Å². The van der Waals surface area contributed by atoms with Crippen LogP contribution < -0.4 is 10.2 Å². The second kappa shape index (κ2) is 10.9. The number of rotatable bonds is 8. The molecule has 178 valence electrons. The zero-order chi connectivity index (χ0) is 24.0. The molecule has 1 saturated carbocycles. The Morgan fingerprint density at radius 3 is 2.24 bits per heavy atom. The fourth-order valence-corrected chi connectivity index (χ4v) is 4.47. The molecule has 1 fully saturated rings. The minimum absolute atomic E-state index is 0.0898. The molecule has 0 radical (unpaired) electrons. The number of carbonyl (C=O) groups excluding carboxylic acids is 2. The average molecular weight is 450 g/mol. The first-order valence-electron chi connectivity index (χ1n) is 12.1. The number of carbonyl (C=O) groups is 2. The Morgan fingerprint density at radius 1 is 0.970 bits per heavy atom. The second-order valence-corrected chi connectivity index (χ2v) is 10.7. The molecule has 1 aliphatic rings. The Morgan fingerprint density at radius 2 is 1.64 bits per heavy atom. The first kappa shape index (κ1) is 24.8. The summed E-state index contributed by atoms with van der Waals surface area (Å²) in [6.07, 6.45) is 4.69. The zero-order valence-corrected chi connectivity index (χ0v) is 20.9. The Kier molecular flexibility index (Phi) is 8.17. The van der Waals surface area contributed by atoms with E-state index >= 15 is 0 Å². The molecule has 0 aromatic heterocycles. The minimum atomic E-state index is -0.0898. The van der Waals surface area contributed by atoms with E-state index in [0.29, 0.717) is 19.5 Å². The average Bonchev–Trinajstić information content (AvgIpc) is 3.28. The summed E-state index contributed by atoms with van der Waals surface area (Å²) in [5.41, 5.74) is 3.90. The van der Waals surface area contributed by atoms with Crippen LogP contribution in [0.3, 0.4) is 0 Å². The number of hydrogen-bond acceptors (Lipinski definition) is 3. The summed E-state index contributed by atoms with van der Waals surface area (Å²) >= 11 is 0. The van der Waals surface area contributed by atoms with Gasteiger partial charge in [0.1, 0.15) is 0 Å². The summed E-state index contributed by atoms with van der Waals surface area (Å²) in [4.78, 5) is 30.0. The zero-order valence-electron chi connectivity index (χ0n) is 20.9. The van der Waals surface area contributed by atoms with E-state index < -0.39 is 0 Å². The lowest BCUT2D eigenvalue weighted by Crippen LogP contribution is -2.33. The molecular formula is C28H39N3O2. The standard InChI is InChI=1S/C28H39N3O2/c1-28(2,3)18-26(32)31(19-21-11-7-6-8-12-21)20-23-17-24(15-16-25(23)30(4)5)29-27(33)22-13-9-10-14-22/h6-8,11-12,15-17,22H,9-10,13-14,18-20H2,1-5H3,(H,29,33). The van der Waals surface area contributed by atoms with E-state index in [9.17, 15) is 9.59 Å². The lowest BCUT2D eigenvalue weighted by atomic mass is 9.91. The van der Waals surface area contributed by atoms with Gasteiger partial charge in [0.25, 0.3) is 0 Å². The summed E-state index contributed by atoms with van der Waals surface area (Å²) in [7, 11) is 4.02. The van der Waals surface area contributed by atoms with Crippen LogP contribution in [0.5, 0.6) is 0 Å². The third-order valence-corrected chi connectivity index (χ3v) is 6.17. The molecule has 0 atom stereocenters. The molecule has 2 amide bonds. The SMILES string of the molecule is CN(C)c1ccc(NC(=O)C2CCCC2)cc1CN(Cc1ccccc1)C(=O)CC(C)(C)C. The van der Waals surface area contributed by atoms with Gasteiger partial charge in [0.2, 0.25) is 11.8 Å². The van der Waals surface area contributed by atoms with Gasteiger partial charge in [-0.3, -0.25) is 9.59 Å². The van der Waals surface area contributed by atoms with E-state index in [-0.39, 0.29) is 23.1 Å². The smallest absolute Gasteiger partial charge is 0.227 e. The van der Waals surface area contributed by atoms with Crippen molar-refractivity contribution in [1.29, 1.82) is 0 Å². The maximum atomic E-state index is 13.3. The lowest BCUT2D eigenvalue weighted by molar-refractivity contribution is -0.134. The molecule has 0 aliphatic heterocycles. The van der Waals surface area contributed by atoms with Crippen molar-refractivity contribution in [3.8, 4) is 0 Å². The Labute approximate surface area is 199 Å². The van der Waals surface area contributed by atoms with Crippen LogP contribution in [-0.4, -0.2) is 30.8 Å². The van der Waals surface area contributed by atoms with E-state index in [2.05, 4.69) is 43.1 Å². The van der Waals surface area contributed by atoms with Crippen LogP contribution in [0.1, 0.15) is 64.0 Å². The van der Waals surface area contributed by atoms with E-state index in [1.807, 2.05) is 55.4 Å². The van der Waals surface area contributed by atoms with Crippen LogP contribution in [0.25, 0.3) is 0 Å². The number of nitrogens with zero attached hydrogens (tertiary/aromatic N) is 2. The van der Waals surface area contributed by atoms with Crippen LogP contribution in [0.15, 0.2) is 48.5 Å². The maximum Gasteiger partial charge on any atom is 0.227 e. The first-order valence-corrected chi connectivity index (χ1v) is 12.1. The predicted octanol–water partition coefficient (Wildman–Crippen LogP) is 5.85. The molecule has 0 saturated heterocycles. The monoisotopic (exact) mass is 449 g/mol. The topological polar surface area (TPSA) is 52.7 Å². The molecule has 2 aromatic rings. The number of anilines is 2. The van der Waals surface area contributed by atoms with Crippen molar-refractivity contribution in [3.63, 3.8) is 0 Å². The highest BCUT2D eigenvalue weighted by atomic mass is 16.2. The Bertz CT molecular complexity index is 941. The van der Waals surface area contributed by atoms with E-state index in [4.69, 9.17) is 0 Å². The number of amides is 2. The van der Waals surface area contributed by atoms with Gasteiger partial charge in [0.05, 0.1) is 0 Å². The molecular weight excluding hydrogens is 410 g/mol. The van der Waals surface area contributed by atoms with Crippen LogP contribution >= 0.6 is 0 Å². The summed E-state index contributed by atoms with van der Waals surface area (Å²) in [5, 5.41) is 3.12. The Hall–Kier alpha value is -2.82. The van der Waals surface area contributed by atoms with Crippen molar-refractivity contribution in [2.75, 3.05) is 24.3 Å². The number of hydrogen-bond donors (Lipinski definition) is 1. The van der Waals surface area contributed by atoms with E-state index in [0.717, 1.165) is 48.2 Å². The third kappa shape index (κ3) is 7.34. The second-order valence-electron chi connectivity index (χ2n) is 10.7. The Balaban J connectivity index is 1.86. The van der Waals surface area contributed by atoms with Gasteiger partial charge in [0, 0.05) is 50.9 Å². The van der Waals surface area contributed by atoms with Crippen molar-refractivity contribution in [2.45, 2.75) is 66.0 Å². The normalized spacial score (nSPS) is 14.2. The van der Waals surface area contributed by atoms with Gasteiger partial charge in [-0.1, -0.05) is 63.9 Å². The molecule has 1 N–H and O–H groups in total. The van der Waals surface area contributed by atoms with Gasteiger partial charge in [-0.05, 0) is 47.6 Å². The van der Waals surface area contributed by atoms with Crippen LogP contribution in [0.4, 0.5) is 11.4 Å². The summed E-state index contributed by atoms with van der Waals surface area (Å²) in [6.45, 7) is 7.33. The molecule has 5 heteroatoms. The molecule has 0 bridgehead atoms. The highest BCUT2D eigenvalue weighted by molar-refractivity contribution is 5.93. The highest BCUT2D eigenvalue weighted by Crippen LogP contribution is 2.29. The molecule has 3 rings (SSSR count). The maximum absolute atomic E-state index is 13.3. The molecule has 2 aromatic carbocycles. The van der Waals surface area contributed by atoms with Crippen molar-refractivity contribution in [3.05, 3.63) is 59.7 Å². The van der Waals surface area contributed by atoms with Crippen LogP contribution in [0.2, 0.25) is 0 Å². The van der Waals surface area contributed by atoms with Crippen LogP contribution in [-0.2, 0) is 22.7 Å². The minimum Gasteiger partial charge on any atom is -0.377 e. The lowest BCUT2D eigenvalue weighted by Gasteiger charge is -2.29. The third-order valence-electron chi connectivity index (χ3n) is 6.17. The number of nitrogens with one attached hydrogen (secondary N) is 1. The van der Waals surface area contributed by atoms with Gasteiger partial charge in [-0.2, -0.15) is 0 Å². The van der Waals surface area contributed by atoms with Crippen molar-refractivity contribution in [1.82, 2.24) is 4.90 Å². The molecule has 1 aliphatic carbocycles. The van der Waals surface area contributed by atoms with Gasteiger partial charge in [-0.25, -0.2) is 0 Å². The van der Waals surface area contributed by atoms with Gasteiger partial charge in [-0.15, -0.1) is 0 Å². The van der Waals surface area contributed by atoms with Crippen molar-refractivity contribution >= 4 is 23.2 Å². The molecule has 33 heavy (non-hydrogen) atoms.